The zero-order chi connectivity index (χ0) is 18.8. The largest absolute Gasteiger partial charge is 0.464 e. The monoisotopic (exact) mass is 358 g/mol. The first-order chi connectivity index (χ1) is 13.2. The fourth-order valence-corrected chi connectivity index (χ4v) is 3.00. The molecule has 0 aliphatic carbocycles. The van der Waals surface area contributed by atoms with E-state index in [0.717, 1.165) is 28.6 Å². The van der Waals surface area contributed by atoms with Gasteiger partial charge in [0.1, 0.15) is 11.5 Å². The van der Waals surface area contributed by atoms with Crippen LogP contribution in [0.25, 0.3) is 33.7 Å². The number of hydrogen-bond acceptors (Lipinski definition) is 5. The van der Waals surface area contributed by atoms with Crippen molar-refractivity contribution in [2.24, 2.45) is 0 Å². The van der Waals surface area contributed by atoms with Gasteiger partial charge in [0, 0.05) is 23.5 Å². The van der Waals surface area contributed by atoms with E-state index in [0.29, 0.717) is 11.5 Å². The van der Waals surface area contributed by atoms with Gasteiger partial charge < -0.3 is 9.72 Å². The first kappa shape index (κ1) is 16.9. The molecule has 0 saturated carbocycles. The first-order valence-corrected chi connectivity index (χ1v) is 8.68. The SMILES string of the molecule is CCc1ccc(-c2ccnc3nc(-c4ccnc(C(=O)OC)c4)[nH]c23)cc1. The van der Waals surface area contributed by atoms with E-state index in [1.807, 2.05) is 6.07 Å². The molecule has 0 atom stereocenters. The van der Waals surface area contributed by atoms with E-state index in [4.69, 9.17) is 4.74 Å². The van der Waals surface area contributed by atoms with E-state index in [9.17, 15) is 4.79 Å². The van der Waals surface area contributed by atoms with Gasteiger partial charge in [-0.15, -0.1) is 0 Å². The number of esters is 1. The standard InChI is InChI=1S/C21H18N4O2/c1-3-13-4-6-14(7-5-13)16-9-11-23-20-18(16)24-19(25-20)15-8-10-22-17(12-15)21(26)27-2/h4-12H,3H2,1-2H3,(H,23,24,25). The molecule has 4 rings (SSSR count). The minimum absolute atomic E-state index is 0.235. The molecule has 27 heavy (non-hydrogen) atoms. The van der Waals surface area contributed by atoms with Gasteiger partial charge in [-0.1, -0.05) is 31.2 Å². The molecule has 6 nitrogen and oxygen atoms in total. The second kappa shape index (κ2) is 6.99. The molecule has 0 radical (unpaired) electrons. The van der Waals surface area contributed by atoms with Gasteiger partial charge >= 0.3 is 5.97 Å². The molecule has 3 heterocycles. The molecule has 4 aromatic rings. The number of hydrogen-bond donors (Lipinski definition) is 1. The van der Waals surface area contributed by atoms with Crippen LogP contribution >= 0.6 is 0 Å². The molecule has 0 aliphatic heterocycles. The number of imidazole rings is 1. The average molecular weight is 358 g/mol. The Hall–Kier alpha value is -3.54. The van der Waals surface area contributed by atoms with Crippen LogP contribution < -0.4 is 0 Å². The summed E-state index contributed by atoms with van der Waals surface area (Å²) in [5, 5.41) is 0. The Morgan fingerprint density at radius 3 is 2.56 bits per heavy atom. The minimum Gasteiger partial charge on any atom is -0.464 e. The Balaban J connectivity index is 1.80. The summed E-state index contributed by atoms with van der Waals surface area (Å²) in [5.41, 5.74) is 5.88. The topological polar surface area (TPSA) is 80.8 Å². The maximum absolute atomic E-state index is 11.7. The maximum Gasteiger partial charge on any atom is 0.356 e. The number of aromatic amines is 1. The van der Waals surface area contributed by atoms with Crippen molar-refractivity contribution in [1.82, 2.24) is 19.9 Å². The molecule has 0 spiro atoms. The molecule has 0 unspecified atom stereocenters. The van der Waals surface area contributed by atoms with Crippen molar-refractivity contribution in [3.63, 3.8) is 0 Å². The van der Waals surface area contributed by atoms with E-state index >= 15 is 0 Å². The smallest absolute Gasteiger partial charge is 0.356 e. The summed E-state index contributed by atoms with van der Waals surface area (Å²) < 4.78 is 4.74. The molecule has 1 N–H and O–H groups in total. The lowest BCUT2D eigenvalue weighted by atomic mass is 10.0. The van der Waals surface area contributed by atoms with Crippen LogP contribution in [0.4, 0.5) is 0 Å². The third-order valence-electron chi connectivity index (χ3n) is 4.49. The zero-order valence-electron chi connectivity index (χ0n) is 15.1. The summed E-state index contributed by atoms with van der Waals surface area (Å²) in [6, 6.07) is 13.9. The number of carbonyl (C=O) groups excluding carboxylic acids is 1. The maximum atomic E-state index is 11.7. The predicted octanol–water partition coefficient (Wildman–Crippen LogP) is 4.04. The number of rotatable bonds is 4. The summed E-state index contributed by atoms with van der Waals surface area (Å²) in [5.74, 6) is 0.144. The van der Waals surface area contributed by atoms with Gasteiger partial charge in [-0.25, -0.2) is 19.7 Å². The summed E-state index contributed by atoms with van der Waals surface area (Å²) >= 11 is 0. The first-order valence-electron chi connectivity index (χ1n) is 8.68. The Bertz CT molecular complexity index is 1120. The highest BCUT2D eigenvalue weighted by Gasteiger charge is 2.14. The molecule has 0 amide bonds. The molecule has 0 aliphatic rings. The molecule has 0 fully saturated rings. The van der Waals surface area contributed by atoms with Crippen molar-refractivity contribution in [2.75, 3.05) is 7.11 Å². The molecule has 0 bridgehead atoms. The normalized spacial score (nSPS) is 10.9. The fourth-order valence-electron chi connectivity index (χ4n) is 3.00. The van der Waals surface area contributed by atoms with Gasteiger partial charge in [0.05, 0.1) is 12.6 Å². The number of nitrogens with one attached hydrogen (secondary N) is 1. The van der Waals surface area contributed by atoms with Crippen molar-refractivity contribution in [2.45, 2.75) is 13.3 Å². The quantitative estimate of drug-likeness (QED) is 0.557. The van der Waals surface area contributed by atoms with Crippen molar-refractivity contribution in [3.8, 4) is 22.5 Å². The Morgan fingerprint density at radius 2 is 1.81 bits per heavy atom. The number of aryl methyl sites for hydroxylation is 1. The number of carbonyl (C=O) groups is 1. The lowest BCUT2D eigenvalue weighted by Gasteiger charge is -2.04. The molecule has 0 saturated heterocycles. The number of ether oxygens (including phenoxy) is 1. The molecular formula is C21H18N4O2. The van der Waals surface area contributed by atoms with Crippen LogP contribution in [0.5, 0.6) is 0 Å². The summed E-state index contributed by atoms with van der Waals surface area (Å²) in [4.78, 5) is 28.1. The molecule has 6 heteroatoms. The van der Waals surface area contributed by atoms with Crippen molar-refractivity contribution >= 4 is 17.1 Å². The van der Waals surface area contributed by atoms with Crippen LogP contribution in [0.15, 0.2) is 54.9 Å². The number of nitrogens with zero attached hydrogens (tertiary/aromatic N) is 3. The van der Waals surface area contributed by atoms with Crippen LogP contribution in [0.1, 0.15) is 23.0 Å². The number of pyridine rings is 2. The number of aromatic nitrogens is 4. The fraction of sp³-hybridized carbons (Fsp3) is 0.143. The van der Waals surface area contributed by atoms with Gasteiger partial charge in [-0.3, -0.25) is 0 Å². The minimum atomic E-state index is -0.484. The van der Waals surface area contributed by atoms with E-state index in [2.05, 4.69) is 51.1 Å². The van der Waals surface area contributed by atoms with Gasteiger partial charge in [0.25, 0.3) is 0 Å². The molecular weight excluding hydrogens is 340 g/mol. The van der Waals surface area contributed by atoms with E-state index in [-0.39, 0.29) is 5.69 Å². The number of methoxy groups -OCH3 is 1. The predicted molar refractivity (Wildman–Crippen MR) is 103 cm³/mol. The highest BCUT2D eigenvalue weighted by Crippen LogP contribution is 2.29. The third kappa shape index (κ3) is 3.17. The zero-order valence-corrected chi connectivity index (χ0v) is 15.1. The highest BCUT2D eigenvalue weighted by atomic mass is 16.5. The van der Waals surface area contributed by atoms with Crippen LogP contribution in [-0.2, 0) is 11.2 Å². The van der Waals surface area contributed by atoms with Crippen LogP contribution in [0.2, 0.25) is 0 Å². The van der Waals surface area contributed by atoms with Gasteiger partial charge in [0.15, 0.2) is 5.65 Å². The van der Waals surface area contributed by atoms with Crippen LogP contribution in [0, 0.1) is 0 Å². The van der Waals surface area contributed by atoms with Gasteiger partial charge in [0.2, 0.25) is 0 Å². The molecule has 3 aromatic heterocycles. The Morgan fingerprint density at radius 1 is 1.04 bits per heavy atom. The Kier molecular flexibility index (Phi) is 4.38. The van der Waals surface area contributed by atoms with E-state index < -0.39 is 5.97 Å². The van der Waals surface area contributed by atoms with Gasteiger partial charge in [-0.2, -0.15) is 0 Å². The van der Waals surface area contributed by atoms with Crippen LogP contribution in [0.3, 0.4) is 0 Å². The summed E-state index contributed by atoms with van der Waals surface area (Å²) in [6.07, 6.45) is 4.32. The molecule has 1 aromatic carbocycles. The summed E-state index contributed by atoms with van der Waals surface area (Å²) in [7, 11) is 1.33. The summed E-state index contributed by atoms with van der Waals surface area (Å²) in [6.45, 7) is 2.14. The number of H-pyrrole nitrogens is 1. The number of fused-ring (bicyclic) bond motifs is 1. The second-order valence-electron chi connectivity index (χ2n) is 6.11. The van der Waals surface area contributed by atoms with Crippen molar-refractivity contribution in [1.29, 1.82) is 0 Å². The third-order valence-corrected chi connectivity index (χ3v) is 4.49. The van der Waals surface area contributed by atoms with Gasteiger partial charge in [-0.05, 0) is 35.7 Å². The van der Waals surface area contributed by atoms with E-state index in [1.165, 1.54) is 12.7 Å². The lowest BCUT2D eigenvalue weighted by Crippen LogP contribution is -2.03. The lowest BCUT2D eigenvalue weighted by molar-refractivity contribution is 0.0594. The Labute approximate surface area is 156 Å². The second-order valence-corrected chi connectivity index (χ2v) is 6.11. The van der Waals surface area contributed by atoms with Crippen molar-refractivity contribution in [3.05, 3.63) is 66.1 Å². The number of benzene rings is 1. The molecule has 134 valence electrons. The van der Waals surface area contributed by atoms with Crippen LogP contribution in [-0.4, -0.2) is 33.0 Å². The van der Waals surface area contributed by atoms with Crippen molar-refractivity contribution < 1.29 is 9.53 Å². The van der Waals surface area contributed by atoms with E-state index in [1.54, 1.807) is 24.5 Å². The highest BCUT2D eigenvalue weighted by molar-refractivity contribution is 5.92. The average Bonchev–Trinajstić information content (AvgIpc) is 3.18.